The van der Waals surface area contributed by atoms with Gasteiger partial charge in [-0.25, -0.2) is 0 Å². The number of rotatable bonds is 9. The summed E-state index contributed by atoms with van der Waals surface area (Å²) in [6.07, 6.45) is 2.59. The lowest BCUT2D eigenvalue weighted by Crippen LogP contribution is -2.61. The molecule has 0 aliphatic carbocycles. The number of nitrogens with one attached hydrogen (secondary N) is 2. The molecule has 0 aromatic heterocycles. The molecule has 2 N–H and O–H groups in total. The summed E-state index contributed by atoms with van der Waals surface area (Å²) >= 11 is 0. The number of nitrogens with zero attached hydrogens (tertiary/aromatic N) is 2. The topological polar surface area (TPSA) is 98.8 Å². The van der Waals surface area contributed by atoms with E-state index in [0.29, 0.717) is 32.2 Å². The zero-order valence-corrected chi connectivity index (χ0v) is 26.7. The largest absolute Gasteiger partial charge is 0.343 e. The van der Waals surface area contributed by atoms with Crippen LogP contribution in [0.15, 0.2) is 91.0 Å². The number of carbonyl (C=O) groups excluding carboxylic acids is 4. The van der Waals surface area contributed by atoms with Crippen LogP contribution in [0.25, 0.3) is 0 Å². The highest BCUT2D eigenvalue weighted by Gasteiger charge is 2.45. The summed E-state index contributed by atoms with van der Waals surface area (Å²) in [4.78, 5) is 58.2. The summed E-state index contributed by atoms with van der Waals surface area (Å²) in [7, 11) is 0. The molecule has 45 heavy (non-hydrogen) atoms. The highest BCUT2D eigenvalue weighted by Crippen LogP contribution is 2.31. The molecule has 0 bridgehead atoms. The maximum atomic E-state index is 14.3. The van der Waals surface area contributed by atoms with Crippen molar-refractivity contribution in [3.63, 3.8) is 0 Å². The highest BCUT2D eigenvalue weighted by atomic mass is 35.5. The number of hydrogen-bond donors (Lipinski definition) is 2. The van der Waals surface area contributed by atoms with E-state index in [9.17, 15) is 19.2 Å². The van der Waals surface area contributed by atoms with Gasteiger partial charge in [0.15, 0.2) is 0 Å². The van der Waals surface area contributed by atoms with E-state index in [4.69, 9.17) is 0 Å². The van der Waals surface area contributed by atoms with Crippen molar-refractivity contribution in [2.75, 3.05) is 13.1 Å². The SMILES string of the molecule is CC[C@@H](C)C(=O)N[C@H]1CN(C(=O)Cc2ccccc2)CC[C@H]2CC[C@@H](C(=O)NC(c3ccccc3)c3ccccc3)N2C1=O.Cl. The van der Waals surface area contributed by atoms with E-state index < -0.39 is 12.1 Å². The number of hydrogen-bond acceptors (Lipinski definition) is 4. The molecule has 0 saturated carbocycles. The molecule has 5 rings (SSSR count). The van der Waals surface area contributed by atoms with Gasteiger partial charge in [0.05, 0.1) is 12.5 Å². The molecule has 2 heterocycles. The molecule has 8 nitrogen and oxygen atoms in total. The van der Waals surface area contributed by atoms with Crippen molar-refractivity contribution in [1.29, 1.82) is 0 Å². The quantitative estimate of drug-likeness (QED) is 0.359. The van der Waals surface area contributed by atoms with Gasteiger partial charge in [0.25, 0.3) is 0 Å². The summed E-state index contributed by atoms with van der Waals surface area (Å²) < 4.78 is 0. The van der Waals surface area contributed by atoms with Crippen molar-refractivity contribution >= 4 is 36.0 Å². The first kappa shape index (κ1) is 33.7. The summed E-state index contributed by atoms with van der Waals surface area (Å²) in [6.45, 7) is 4.26. The number of amides is 4. The average molecular weight is 631 g/mol. The fourth-order valence-electron chi connectivity index (χ4n) is 6.24. The molecule has 0 unspecified atom stereocenters. The molecule has 2 aliphatic heterocycles. The molecule has 2 saturated heterocycles. The van der Waals surface area contributed by atoms with E-state index >= 15 is 0 Å². The van der Waals surface area contributed by atoms with Crippen LogP contribution in [0.1, 0.15) is 62.3 Å². The maximum Gasteiger partial charge on any atom is 0.247 e. The third kappa shape index (κ3) is 8.11. The Hall–Kier alpha value is -4.17. The predicted molar refractivity (Wildman–Crippen MR) is 177 cm³/mol. The van der Waals surface area contributed by atoms with Crippen LogP contribution >= 0.6 is 12.4 Å². The molecule has 3 aromatic carbocycles. The zero-order valence-electron chi connectivity index (χ0n) is 25.9. The molecule has 4 amide bonds. The van der Waals surface area contributed by atoms with Crippen molar-refractivity contribution in [2.45, 2.75) is 70.1 Å². The molecule has 4 atom stereocenters. The number of halogens is 1. The smallest absolute Gasteiger partial charge is 0.247 e. The van der Waals surface area contributed by atoms with E-state index in [2.05, 4.69) is 10.6 Å². The van der Waals surface area contributed by atoms with Crippen molar-refractivity contribution in [3.8, 4) is 0 Å². The van der Waals surface area contributed by atoms with Gasteiger partial charge < -0.3 is 20.4 Å². The minimum atomic E-state index is -0.938. The van der Waals surface area contributed by atoms with Gasteiger partial charge in [-0.15, -0.1) is 12.4 Å². The maximum absolute atomic E-state index is 14.3. The van der Waals surface area contributed by atoms with Gasteiger partial charge in [0.1, 0.15) is 12.1 Å². The second kappa shape index (κ2) is 15.7. The van der Waals surface area contributed by atoms with Crippen molar-refractivity contribution < 1.29 is 19.2 Å². The fourth-order valence-corrected chi connectivity index (χ4v) is 6.24. The Morgan fingerprint density at radius 2 is 1.42 bits per heavy atom. The number of benzene rings is 3. The first-order valence-corrected chi connectivity index (χ1v) is 15.7. The molecule has 2 fully saturated rings. The molecule has 2 aliphatic rings. The minimum absolute atomic E-state index is 0. The van der Waals surface area contributed by atoms with Crippen LogP contribution in [0.4, 0.5) is 0 Å². The van der Waals surface area contributed by atoms with Gasteiger partial charge in [-0.2, -0.15) is 0 Å². The van der Waals surface area contributed by atoms with E-state index in [1.165, 1.54) is 0 Å². The molecular formula is C36H43ClN4O4. The number of fused-ring (bicyclic) bond motifs is 1. The lowest BCUT2D eigenvalue weighted by atomic mass is 9.98. The normalized spacial score (nSPS) is 20.3. The van der Waals surface area contributed by atoms with E-state index in [1.807, 2.05) is 105 Å². The Bertz CT molecular complexity index is 1400. The average Bonchev–Trinajstić information content (AvgIpc) is 3.48. The predicted octanol–water partition coefficient (Wildman–Crippen LogP) is 4.68. The molecule has 0 radical (unpaired) electrons. The van der Waals surface area contributed by atoms with Crippen LogP contribution in [-0.4, -0.2) is 64.6 Å². The highest BCUT2D eigenvalue weighted by molar-refractivity contribution is 5.94. The standard InChI is InChI=1S/C36H42N4O4.ClH/c1-3-25(2)34(42)37-30-24-39(32(41)23-26-13-7-4-8-14-26)22-21-29-19-20-31(40(29)36(30)44)35(43)38-33(27-15-9-5-10-16-27)28-17-11-6-12-18-28;/h4-18,25,29-31,33H,3,19-24H2,1-2H3,(H,37,42)(H,38,43);1H/t25-,29-,30+,31+;/m1./s1. The molecule has 3 aromatic rings. The van der Waals surface area contributed by atoms with Gasteiger partial charge in [-0.05, 0) is 42.4 Å². The third-order valence-electron chi connectivity index (χ3n) is 8.97. The van der Waals surface area contributed by atoms with Crippen LogP contribution in [0.3, 0.4) is 0 Å². The van der Waals surface area contributed by atoms with Crippen LogP contribution in [0.2, 0.25) is 0 Å². The Labute approximate surface area is 272 Å². The second-order valence-electron chi connectivity index (χ2n) is 11.9. The third-order valence-corrected chi connectivity index (χ3v) is 8.97. The second-order valence-corrected chi connectivity index (χ2v) is 11.9. The summed E-state index contributed by atoms with van der Waals surface area (Å²) in [6, 6.07) is 26.9. The zero-order chi connectivity index (χ0) is 31.1. The lowest BCUT2D eigenvalue weighted by molar-refractivity contribution is -0.147. The van der Waals surface area contributed by atoms with E-state index in [0.717, 1.165) is 16.7 Å². The van der Waals surface area contributed by atoms with Crippen LogP contribution in [0.5, 0.6) is 0 Å². The molecular weight excluding hydrogens is 588 g/mol. The van der Waals surface area contributed by atoms with E-state index in [1.54, 1.807) is 9.80 Å². The van der Waals surface area contributed by atoms with Crippen molar-refractivity contribution in [3.05, 3.63) is 108 Å². The number of carbonyl (C=O) groups is 4. The van der Waals surface area contributed by atoms with E-state index in [-0.39, 0.29) is 67.0 Å². The van der Waals surface area contributed by atoms with Crippen molar-refractivity contribution in [1.82, 2.24) is 20.4 Å². The van der Waals surface area contributed by atoms with Gasteiger partial charge in [0.2, 0.25) is 23.6 Å². The monoisotopic (exact) mass is 630 g/mol. The Morgan fingerprint density at radius 1 is 0.844 bits per heavy atom. The minimum Gasteiger partial charge on any atom is -0.343 e. The van der Waals surface area contributed by atoms with Gasteiger partial charge in [-0.3, -0.25) is 19.2 Å². The summed E-state index contributed by atoms with van der Waals surface area (Å²) in [5, 5.41) is 6.18. The first-order valence-electron chi connectivity index (χ1n) is 15.7. The Kier molecular flexibility index (Phi) is 11.8. The molecule has 238 valence electrons. The van der Waals surface area contributed by atoms with Gasteiger partial charge >= 0.3 is 0 Å². The summed E-state index contributed by atoms with van der Waals surface area (Å²) in [5.74, 6) is -1.12. The van der Waals surface area contributed by atoms with Crippen molar-refractivity contribution in [2.24, 2.45) is 5.92 Å². The Morgan fingerprint density at radius 3 is 2.00 bits per heavy atom. The van der Waals surface area contributed by atoms with Crippen LogP contribution in [0, 0.1) is 5.92 Å². The molecule has 9 heteroatoms. The van der Waals surface area contributed by atoms with Crippen LogP contribution in [-0.2, 0) is 25.6 Å². The van der Waals surface area contributed by atoms with Gasteiger partial charge in [0, 0.05) is 25.0 Å². The van der Waals surface area contributed by atoms with Crippen LogP contribution < -0.4 is 10.6 Å². The fraction of sp³-hybridized carbons (Fsp3) is 0.389. The Balaban J connectivity index is 0.00000461. The summed E-state index contributed by atoms with van der Waals surface area (Å²) in [5.41, 5.74) is 2.80. The molecule has 0 spiro atoms. The lowest BCUT2D eigenvalue weighted by Gasteiger charge is -2.39. The first-order chi connectivity index (χ1) is 21.4. The van der Waals surface area contributed by atoms with Gasteiger partial charge in [-0.1, -0.05) is 105 Å².